The lowest BCUT2D eigenvalue weighted by atomic mass is 10.3. The zero-order valence-corrected chi connectivity index (χ0v) is 12.5. The molecule has 0 saturated heterocycles. The number of aromatic nitrogens is 1. The van der Waals surface area contributed by atoms with Crippen LogP contribution >= 0.6 is 34.5 Å². The molecule has 0 fully saturated rings. The molecular formula is C12H10Cl2N2O2S. The third kappa shape index (κ3) is 3.00. The number of carbonyl (C=O) groups is 1. The molecule has 1 amide bonds. The maximum Gasteiger partial charge on any atom is 0.265 e. The lowest BCUT2D eigenvalue weighted by Gasteiger charge is -2.07. The Bertz CT molecular complexity index is 660. The number of hydrogen-bond donors (Lipinski definition) is 1. The van der Waals surface area contributed by atoms with Crippen LogP contribution in [-0.4, -0.2) is 10.5 Å². The second-order valence-electron chi connectivity index (χ2n) is 4.01. The van der Waals surface area contributed by atoms with Gasteiger partial charge in [-0.3, -0.25) is 9.59 Å². The second-order valence-corrected chi connectivity index (χ2v) is 6.08. The van der Waals surface area contributed by atoms with Crippen molar-refractivity contribution in [3.05, 3.63) is 48.5 Å². The van der Waals surface area contributed by atoms with Crippen molar-refractivity contribution >= 4 is 46.1 Å². The third-order valence-corrected chi connectivity index (χ3v) is 4.35. The van der Waals surface area contributed by atoms with Crippen LogP contribution in [0.15, 0.2) is 23.1 Å². The number of amides is 1. The van der Waals surface area contributed by atoms with Gasteiger partial charge < -0.3 is 9.88 Å². The third-order valence-electron chi connectivity index (χ3n) is 2.49. The normalized spacial score (nSPS) is 10.5. The van der Waals surface area contributed by atoms with Crippen molar-refractivity contribution in [1.82, 2.24) is 4.57 Å². The highest BCUT2D eigenvalue weighted by atomic mass is 35.5. The smallest absolute Gasteiger partial charge is 0.265 e. The van der Waals surface area contributed by atoms with E-state index in [0.29, 0.717) is 25.5 Å². The van der Waals surface area contributed by atoms with Crippen LogP contribution in [-0.2, 0) is 7.05 Å². The van der Waals surface area contributed by atoms with Gasteiger partial charge in [0.15, 0.2) is 0 Å². The molecule has 0 atom stereocenters. The molecule has 0 saturated carbocycles. The lowest BCUT2D eigenvalue weighted by Crippen LogP contribution is -2.20. The molecule has 100 valence electrons. The molecule has 0 radical (unpaired) electrons. The first-order chi connectivity index (χ1) is 8.88. The number of nitrogens with one attached hydrogen (secondary N) is 1. The van der Waals surface area contributed by atoms with Crippen LogP contribution in [0.1, 0.15) is 15.2 Å². The molecular weight excluding hydrogens is 307 g/mol. The van der Waals surface area contributed by atoms with Crippen LogP contribution in [0.4, 0.5) is 5.69 Å². The molecule has 0 bridgehead atoms. The van der Waals surface area contributed by atoms with E-state index in [1.165, 1.54) is 10.6 Å². The first-order valence-corrected chi connectivity index (χ1v) is 6.89. The number of halogens is 2. The lowest BCUT2D eigenvalue weighted by molar-refractivity contribution is 0.103. The monoisotopic (exact) mass is 316 g/mol. The summed E-state index contributed by atoms with van der Waals surface area (Å²) >= 11 is 12.7. The fourth-order valence-corrected chi connectivity index (χ4v) is 2.86. The number of rotatable bonds is 2. The molecule has 4 nitrogen and oxygen atoms in total. The standard InChI is InChI=1S/C12H10Cl2N2O2S/c1-6-3-7(5-16(2)12(6)18)15-11(17)9-4-8(13)10(14)19-9/h3-5H,1-2H3,(H,15,17). The Morgan fingerprint density at radius 3 is 2.58 bits per heavy atom. The summed E-state index contributed by atoms with van der Waals surface area (Å²) in [5.74, 6) is -0.308. The molecule has 1 N–H and O–H groups in total. The quantitative estimate of drug-likeness (QED) is 0.924. The number of anilines is 1. The molecule has 0 aliphatic carbocycles. The predicted octanol–water partition coefficient (Wildman–Crippen LogP) is 3.31. The Hall–Kier alpha value is -1.30. The van der Waals surface area contributed by atoms with E-state index in [1.807, 2.05) is 0 Å². The van der Waals surface area contributed by atoms with Crippen molar-refractivity contribution in [2.24, 2.45) is 7.05 Å². The zero-order chi connectivity index (χ0) is 14.2. The first-order valence-electron chi connectivity index (χ1n) is 5.32. The minimum Gasteiger partial charge on any atom is -0.320 e. The van der Waals surface area contributed by atoms with Crippen molar-refractivity contribution in [2.45, 2.75) is 6.92 Å². The highest BCUT2D eigenvalue weighted by Gasteiger charge is 2.13. The number of carbonyl (C=O) groups excluding carboxylic acids is 1. The van der Waals surface area contributed by atoms with E-state index < -0.39 is 0 Å². The van der Waals surface area contributed by atoms with E-state index >= 15 is 0 Å². The Kier molecular flexibility index (Phi) is 3.99. The first kappa shape index (κ1) is 14.1. The van der Waals surface area contributed by atoms with Gasteiger partial charge in [-0.25, -0.2) is 0 Å². The van der Waals surface area contributed by atoms with Crippen LogP contribution in [0.5, 0.6) is 0 Å². The highest BCUT2D eigenvalue weighted by Crippen LogP contribution is 2.31. The Labute approximate surface area is 123 Å². The van der Waals surface area contributed by atoms with Crippen LogP contribution in [0, 0.1) is 6.92 Å². The Balaban J connectivity index is 2.26. The summed E-state index contributed by atoms with van der Waals surface area (Å²) in [4.78, 5) is 23.9. The minimum absolute atomic E-state index is 0.0970. The minimum atomic E-state index is -0.308. The molecule has 0 spiro atoms. The fourth-order valence-electron chi connectivity index (χ4n) is 1.60. The topological polar surface area (TPSA) is 51.1 Å². The molecule has 0 aliphatic rings. The highest BCUT2D eigenvalue weighted by molar-refractivity contribution is 7.18. The number of pyridine rings is 1. The van der Waals surface area contributed by atoms with Crippen molar-refractivity contribution in [2.75, 3.05) is 5.32 Å². The van der Waals surface area contributed by atoms with E-state index in [1.54, 1.807) is 26.2 Å². The summed E-state index contributed by atoms with van der Waals surface area (Å²) in [5.41, 5.74) is 1.01. The van der Waals surface area contributed by atoms with Gasteiger partial charge in [0.1, 0.15) is 4.34 Å². The van der Waals surface area contributed by atoms with E-state index in [0.717, 1.165) is 11.3 Å². The van der Waals surface area contributed by atoms with Gasteiger partial charge >= 0.3 is 0 Å². The molecule has 2 rings (SSSR count). The molecule has 7 heteroatoms. The van der Waals surface area contributed by atoms with Gasteiger partial charge in [-0.2, -0.15) is 0 Å². The van der Waals surface area contributed by atoms with Gasteiger partial charge in [-0.05, 0) is 19.1 Å². The van der Waals surface area contributed by atoms with Gasteiger partial charge in [0.25, 0.3) is 11.5 Å². The summed E-state index contributed by atoms with van der Waals surface area (Å²) in [7, 11) is 1.63. The van der Waals surface area contributed by atoms with E-state index in [4.69, 9.17) is 23.2 Å². The van der Waals surface area contributed by atoms with Gasteiger partial charge in [0, 0.05) is 18.8 Å². The van der Waals surface area contributed by atoms with Crippen molar-refractivity contribution in [3.8, 4) is 0 Å². The average Bonchev–Trinajstić information content (AvgIpc) is 2.66. The molecule has 2 heterocycles. The summed E-state index contributed by atoms with van der Waals surface area (Å²) in [6, 6.07) is 3.13. The Morgan fingerprint density at radius 1 is 1.37 bits per heavy atom. The average molecular weight is 317 g/mol. The van der Waals surface area contributed by atoms with Gasteiger partial charge in [0.05, 0.1) is 15.6 Å². The summed E-state index contributed by atoms with van der Waals surface area (Å²) < 4.78 is 1.79. The largest absolute Gasteiger partial charge is 0.320 e. The van der Waals surface area contributed by atoms with Gasteiger partial charge in [0.2, 0.25) is 0 Å². The van der Waals surface area contributed by atoms with Crippen LogP contribution in [0.25, 0.3) is 0 Å². The maximum absolute atomic E-state index is 12.0. The number of hydrogen-bond acceptors (Lipinski definition) is 3. The van der Waals surface area contributed by atoms with E-state index in [2.05, 4.69) is 5.32 Å². The predicted molar refractivity (Wildman–Crippen MR) is 78.7 cm³/mol. The van der Waals surface area contributed by atoms with Gasteiger partial charge in [-0.1, -0.05) is 23.2 Å². The number of thiophene rings is 1. The fraction of sp³-hybridized carbons (Fsp3) is 0.167. The van der Waals surface area contributed by atoms with Crippen LogP contribution < -0.4 is 10.9 Å². The molecule has 0 aromatic carbocycles. The number of aryl methyl sites for hydroxylation is 2. The maximum atomic E-state index is 12.0. The zero-order valence-electron chi connectivity index (χ0n) is 10.2. The second kappa shape index (κ2) is 5.36. The molecule has 2 aromatic rings. The molecule has 0 unspecified atom stereocenters. The van der Waals surface area contributed by atoms with Crippen LogP contribution in [0.2, 0.25) is 9.36 Å². The summed E-state index contributed by atoms with van der Waals surface area (Å²) in [5, 5.41) is 3.06. The number of nitrogens with zero attached hydrogens (tertiary/aromatic N) is 1. The van der Waals surface area contributed by atoms with E-state index in [-0.39, 0.29) is 11.5 Å². The SMILES string of the molecule is Cc1cc(NC(=O)c2cc(Cl)c(Cl)s2)cn(C)c1=O. The van der Waals surface area contributed by atoms with Crippen molar-refractivity contribution in [3.63, 3.8) is 0 Å². The van der Waals surface area contributed by atoms with Crippen molar-refractivity contribution in [1.29, 1.82) is 0 Å². The molecule has 0 aliphatic heterocycles. The van der Waals surface area contributed by atoms with Crippen LogP contribution in [0.3, 0.4) is 0 Å². The Morgan fingerprint density at radius 2 is 2.05 bits per heavy atom. The molecule has 19 heavy (non-hydrogen) atoms. The molecule has 2 aromatic heterocycles. The summed E-state index contributed by atoms with van der Waals surface area (Å²) in [6.07, 6.45) is 1.56. The van der Waals surface area contributed by atoms with Gasteiger partial charge in [-0.15, -0.1) is 11.3 Å². The van der Waals surface area contributed by atoms with Crippen molar-refractivity contribution < 1.29 is 4.79 Å². The van der Waals surface area contributed by atoms with E-state index in [9.17, 15) is 9.59 Å². The summed E-state index contributed by atoms with van der Waals surface area (Å²) in [6.45, 7) is 1.69.